The Balaban J connectivity index is 1.88. The summed E-state index contributed by atoms with van der Waals surface area (Å²) in [7, 11) is 0. The van der Waals surface area contributed by atoms with Gasteiger partial charge in [0.2, 0.25) is 0 Å². The van der Waals surface area contributed by atoms with Gasteiger partial charge in [-0.15, -0.1) is 0 Å². The zero-order chi connectivity index (χ0) is 15.2. The van der Waals surface area contributed by atoms with Crippen LogP contribution in [0.15, 0.2) is 24.3 Å². The molecule has 1 aromatic rings. The second-order valence-corrected chi connectivity index (χ2v) is 5.19. The standard InChI is InChI=1S/C15H22FN3O2/c1-2-17-13(15(20)21)11-18-7-9-19(10-8-18)14-6-4-3-5-12(14)16/h3-6,13,17H,2,7-11H2,1H3,(H,20,21). The van der Waals surface area contributed by atoms with Crippen molar-refractivity contribution >= 4 is 11.7 Å². The lowest BCUT2D eigenvalue weighted by Crippen LogP contribution is -2.53. The van der Waals surface area contributed by atoms with Gasteiger partial charge in [0.15, 0.2) is 0 Å². The number of likely N-dealkylation sites (N-methyl/N-ethyl adjacent to an activating group) is 1. The maximum atomic E-state index is 13.7. The van der Waals surface area contributed by atoms with E-state index in [0.717, 1.165) is 13.1 Å². The Morgan fingerprint density at radius 3 is 2.57 bits per heavy atom. The van der Waals surface area contributed by atoms with Crippen molar-refractivity contribution in [2.75, 3.05) is 44.2 Å². The van der Waals surface area contributed by atoms with E-state index in [1.807, 2.05) is 17.9 Å². The van der Waals surface area contributed by atoms with E-state index < -0.39 is 12.0 Å². The summed E-state index contributed by atoms with van der Waals surface area (Å²) >= 11 is 0. The van der Waals surface area contributed by atoms with Crippen LogP contribution in [0.25, 0.3) is 0 Å². The zero-order valence-electron chi connectivity index (χ0n) is 12.3. The van der Waals surface area contributed by atoms with Crippen molar-refractivity contribution in [1.29, 1.82) is 0 Å². The van der Waals surface area contributed by atoms with Crippen molar-refractivity contribution < 1.29 is 14.3 Å². The number of piperazine rings is 1. The SMILES string of the molecule is CCNC(CN1CCN(c2ccccc2F)CC1)C(=O)O. The predicted molar refractivity (Wildman–Crippen MR) is 80.2 cm³/mol. The van der Waals surface area contributed by atoms with Crippen LogP contribution in [0.3, 0.4) is 0 Å². The van der Waals surface area contributed by atoms with Gasteiger partial charge in [-0.2, -0.15) is 0 Å². The van der Waals surface area contributed by atoms with Crippen LogP contribution in [-0.4, -0.2) is 61.3 Å². The van der Waals surface area contributed by atoms with Crippen LogP contribution in [-0.2, 0) is 4.79 Å². The maximum Gasteiger partial charge on any atom is 0.322 e. The predicted octanol–water partition coefficient (Wildman–Crippen LogP) is 1.01. The second-order valence-electron chi connectivity index (χ2n) is 5.19. The topological polar surface area (TPSA) is 55.8 Å². The number of aliphatic carboxylic acids is 1. The molecule has 5 nitrogen and oxygen atoms in total. The zero-order valence-corrected chi connectivity index (χ0v) is 12.3. The molecule has 1 unspecified atom stereocenters. The first-order valence-electron chi connectivity index (χ1n) is 7.30. The summed E-state index contributed by atoms with van der Waals surface area (Å²) in [5.74, 6) is -1.03. The first-order chi connectivity index (χ1) is 10.1. The molecule has 0 spiro atoms. The molecule has 0 aliphatic carbocycles. The Hall–Kier alpha value is -1.66. The normalized spacial score (nSPS) is 17.7. The minimum absolute atomic E-state index is 0.206. The van der Waals surface area contributed by atoms with Crippen molar-refractivity contribution in [3.8, 4) is 0 Å². The smallest absolute Gasteiger partial charge is 0.322 e. The molecular weight excluding hydrogens is 273 g/mol. The molecule has 0 aromatic heterocycles. The molecule has 1 heterocycles. The van der Waals surface area contributed by atoms with Gasteiger partial charge >= 0.3 is 5.97 Å². The Kier molecular flexibility index (Phi) is 5.52. The highest BCUT2D eigenvalue weighted by molar-refractivity contribution is 5.73. The molecule has 1 atom stereocenters. The van der Waals surface area contributed by atoms with Crippen molar-refractivity contribution in [2.45, 2.75) is 13.0 Å². The number of carboxylic acid groups (broad SMARTS) is 1. The van der Waals surface area contributed by atoms with E-state index in [2.05, 4.69) is 10.2 Å². The number of para-hydroxylation sites is 1. The lowest BCUT2D eigenvalue weighted by molar-refractivity contribution is -0.140. The highest BCUT2D eigenvalue weighted by Gasteiger charge is 2.24. The van der Waals surface area contributed by atoms with Crippen LogP contribution < -0.4 is 10.2 Å². The molecule has 2 N–H and O–H groups in total. The van der Waals surface area contributed by atoms with Crippen molar-refractivity contribution in [1.82, 2.24) is 10.2 Å². The molecule has 1 aromatic carbocycles. The fourth-order valence-electron chi connectivity index (χ4n) is 2.61. The number of benzene rings is 1. The summed E-state index contributed by atoms with van der Waals surface area (Å²) in [6.07, 6.45) is 0. The van der Waals surface area contributed by atoms with Crippen molar-refractivity contribution in [3.05, 3.63) is 30.1 Å². The minimum Gasteiger partial charge on any atom is -0.480 e. The van der Waals surface area contributed by atoms with E-state index in [4.69, 9.17) is 5.11 Å². The number of hydrogen-bond donors (Lipinski definition) is 2. The maximum absolute atomic E-state index is 13.7. The van der Waals surface area contributed by atoms with Crippen LogP contribution in [0.1, 0.15) is 6.92 Å². The average molecular weight is 295 g/mol. The number of rotatable bonds is 6. The van der Waals surface area contributed by atoms with Crippen molar-refractivity contribution in [3.63, 3.8) is 0 Å². The summed E-state index contributed by atoms with van der Waals surface area (Å²) in [5, 5.41) is 12.1. The molecule has 1 aliphatic rings. The molecule has 0 radical (unpaired) electrons. The van der Waals surface area contributed by atoms with Gasteiger partial charge in [0.05, 0.1) is 5.69 Å². The van der Waals surface area contributed by atoms with Gasteiger partial charge in [-0.1, -0.05) is 19.1 Å². The molecule has 0 amide bonds. The first kappa shape index (κ1) is 15.7. The minimum atomic E-state index is -0.826. The van der Waals surface area contributed by atoms with Gasteiger partial charge in [-0.05, 0) is 18.7 Å². The number of carbonyl (C=O) groups is 1. The first-order valence-corrected chi connectivity index (χ1v) is 7.30. The summed E-state index contributed by atoms with van der Waals surface area (Å²) in [5.41, 5.74) is 0.624. The number of carboxylic acids is 1. The third kappa shape index (κ3) is 4.15. The van der Waals surface area contributed by atoms with E-state index in [1.165, 1.54) is 6.07 Å². The molecule has 1 aliphatic heterocycles. The summed E-state index contributed by atoms with van der Waals surface area (Å²) in [6.45, 7) is 5.90. The van der Waals surface area contributed by atoms with E-state index in [1.54, 1.807) is 12.1 Å². The largest absolute Gasteiger partial charge is 0.480 e. The van der Waals surface area contributed by atoms with Gasteiger partial charge in [0.25, 0.3) is 0 Å². The fourth-order valence-corrected chi connectivity index (χ4v) is 2.61. The molecule has 6 heteroatoms. The molecule has 21 heavy (non-hydrogen) atoms. The number of nitrogens with zero attached hydrogens (tertiary/aromatic N) is 2. The number of hydrogen-bond acceptors (Lipinski definition) is 4. The van der Waals surface area contributed by atoms with Gasteiger partial charge in [0, 0.05) is 32.7 Å². The van der Waals surface area contributed by atoms with Crippen LogP contribution in [0.2, 0.25) is 0 Å². The fraction of sp³-hybridized carbons (Fsp3) is 0.533. The Labute approximate surface area is 124 Å². The molecule has 2 rings (SSSR count). The third-order valence-electron chi connectivity index (χ3n) is 3.75. The van der Waals surface area contributed by atoms with Crippen LogP contribution in [0.4, 0.5) is 10.1 Å². The Bertz CT molecular complexity index is 476. The molecule has 0 bridgehead atoms. The van der Waals surface area contributed by atoms with E-state index in [-0.39, 0.29) is 5.82 Å². The quantitative estimate of drug-likeness (QED) is 0.820. The molecule has 116 valence electrons. The van der Waals surface area contributed by atoms with Gasteiger partial charge in [0.1, 0.15) is 11.9 Å². The monoisotopic (exact) mass is 295 g/mol. The average Bonchev–Trinajstić information content (AvgIpc) is 2.48. The lowest BCUT2D eigenvalue weighted by atomic mass is 10.2. The number of nitrogens with one attached hydrogen (secondary N) is 1. The summed E-state index contributed by atoms with van der Waals surface area (Å²) in [6, 6.07) is 6.21. The Morgan fingerprint density at radius 2 is 2.00 bits per heavy atom. The highest BCUT2D eigenvalue weighted by atomic mass is 19.1. The molecule has 1 fully saturated rings. The van der Waals surface area contributed by atoms with Crippen LogP contribution in [0, 0.1) is 5.82 Å². The Morgan fingerprint density at radius 1 is 1.33 bits per heavy atom. The molecular formula is C15H22FN3O2. The second kappa shape index (κ2) is 7.38. The van der Waals surface area contributed by atoms with E-state index >= 15 is 0 Å². The number of anilines is 1. The molecule has 0 saturated carbocycles. The van der Waals surface area contributed by atoms with E-state index in [0.29, 0.717) is 31.9 Å². The molecule has 1 saturated heterocycles. The van der Waals surface area contributed by atoms with Gasteiger partial charge in [-0.25, -0.2) is 4.39 Å². The highest BCUT2D eigenvalue weighted by Crippen LogP contribution is 2.20. The van der Waals surface area contributed by atoms with Crippen LogP contribution >= 0.6 is 0 Å². The summed E-state index contributed by atoms with van der Waals surface area (Å²) < 4.78 is 13.7. The summed E-state index contributed by atoms with van der Waals surface area (Å²) in [4.78, 5) is 15.3. The van der Waals surface area contributed by atoms with Crippen molar-refractivity contribution in [2.24, 2.45) is 0 Å². The van der Waals surface area contributed by atoms with Gasteiger partial charge < -0.3 is 15.3 Å². The van der Waals surface area contributed by atoms with Gasteiger partial charge in [-0.3, -0.25) is 9.69 Å². The van der Waals surface area contributed by atoms with E-state index in [9.17, 15) is 9.18 Å². The lowest BCUT2D eigenvalue weighted by Gasteiger charge is -2.37. The third-order valence-corrected chi connectivity index (χ3v) is 3.75. The van der Waals surface area contributed by atoms with Crippen LogP contribution in [0.5, 0.6) is 0 Å². The number of halogens is 1.